The molecule has 0 radical (unpaired) electrons. The van der Waals surface area contributed by atoms with Gasteiger partial charge in [-0.15, -0.1) is 11.3 Å². The molecule has 3 rings (SSSR count). The minimum Gasteiger partial charge on any atom is -0.483 e. The van der Waals surface area contributed by atoms with Gasteiger partial charge in [-0.05, 0) is 13.3 Å². The Morgan fingerprint density at radius 3 is 3.04 bits per heavy atom. The largest absolute Gasteiger partial charge is 0.483 e. The first-order chi connectivity index (χ1) is 13.1. The van der Waals surface area contributed by atoms with E-state index in [-0.39, 0.29) is 18.3 Å². The molecule has 1 amide bonds. The number of nitrogens with zero attached hydrogens (tertiary/aromatic N) is 4. The number of rotatable bonds is 6. The number of fused-ring (bicyclic) bond motifs is 1. The van der Waals surface area contributed by atoms with Crippen LogP contribution in [0, 0.1) is 5.92 Å². The Labute approximate surface area is 159 Å². The lowest BCUT2D eigenvalue weighted by Crippen LogP contribution is -2.37. The van der Waals surface area contributed by atoms with E-state index in [0.29, 0.717) is 31.8 Å². The quantitative estimate of drug-likeness (QED) is 0.534. The lowest BCUT2D eigenvalue weighted by atomic mass is 9.99. The Bertz CT molecular complexity index is 775. The van der Waals surface area contributed by atoms with Crippen molar-refractivity contribution < 1.29 is 24.2 Å². The van der Waals surface area contributed by atoms with Crippen molar-refractivity contribution in [3.63, 3.8) is 0 Å². The van der Waals surface area contributed by atoms with Crippen LogP contribution in [0.2, 0.25) is 0 Å². The van der Waals surface area contributed by atoms with Crippen LogP contribution in [0.15, 0.2) is 11.7 Å². The van der Waals surface area contributed by atoms with E-state index in [1.54, 1.807) is 17.0 Å². The molecule has 0 aromatic carbocycles. The molecule has 2 aromatic heterocycles. The van der Waals surface area contributed by atoms with E-state index in [4.69, 9.17) is 14.6 Å². The standard InChI is InChI=1S/C15H19N5O3S.CH2O2/c1-2-23-15(22)11-8-24-13(19-11)5-6-16-14(21)10-3-4-12-17-9-18-20(12)7-10;2-1-3/h8-10H,2-7H2,1H3,(H,16,21);1H,(H,2,3). The number of amides is 1. The number of esters is 1. The van der Waals surface area contributed by atoms with Gasteiger partial charge in [0.1, 0.15) is 12.2 Å². The maximum atomic E-state index is 12.3. The number of aryl methyl sites for hydroxylation is 1. The molecule has 0 spiro atoms. The van der Waals surface area contributed by atoms with Crippen molar-refractivity contribution in [2.24, 2.45) is 5.92 Å². The summed E-state index contributed by atoms with van der Waals surface area (Å²) in [7, 11) is 0. The number of ether oxygens (including phenoxy) is 1. The van der Waals surface area contributed by atoms with Gasteiger partial charge in [0.2, 0.25) is 5.91 Å². The van der Waals surface area contributed by atoms with Gasteiger partial charge in [0.05, 0.1) is 24.1 Å². The molecule has 27 heavy (non-hydrogen) atoms. The molecule has 0 aliphatic carbocycles. The van der Waals surface area contributed by atoms with Crippen molar-refractivity contribution in [2.75, 3.05) is 13.2 Å². The van der Waals surface area contributed by atoms with E-state index in [2.05, 4.69) is 20.4 Å². The Morgan fingerprint density at radius 2 is 2.30 bits per heavy atom. The number of hydrogen-bond donors (Lipinski definition) is 2. The fourth-order valence-corrected chi connectivity index (χ4v) is 3.38. The zero-order valence-corrected chi connectivity index (χ0v) is 15.6. The smallest absolute Gasteiger partial charge is 0.357 e. The minimum atomic E-state index is -0.408. The van der Waals surface area contributed by atoms with Gasteiger partial charge >= 0.3 is 5.97 Å². The topological polar surface area (TPSA) is 136 Å². The molecule has 0 saturated carbocycles. The minimum absolute atomic E-state index is 0.0262. The first-order valence-corrected chi connectivity index (χ1v) is 9.30. The molecule has 0 saturated heterocycles. The molecule has 10 nitrogen and oxygen atoms in total. The summed E-state index contributed by atoms with van der Waals surface area (Å²) in [6.07, 6.45) is 3.68. The third-order valence-electron chi connectivity index (χ3n) is 3.85. The predicted molar refractivity (Wildman–Crippen MR) is 95.3 cm³/mol. The maximum Gasteiger partial charge on any atom is 0.357 e. The number of carbonyl (C=O) groups excluding carboxylic acids is 2. The monoisotopic (exact) mass is 395 g/mol. The van der Waals surface area contributed by atoms with Crippen LogP contribution in [0.25, 0.3) is 0 Å². The maximum absolute atomic E-state index is 12.3. The number of carboxylic acid groups (broad SMARTS) is 1. The van der Waals surface area contributed by atoms with Crippen LogP contribution in [0.5, 0.6) is 0 Å². The Kier molecular flexibility index (Phi) is 7.86. The summed E-state index contributed by atoms with van der Waals surface area (Å²) in [5, 5.41) is 16.4. The van der Waals surface area contributed by atoms with Gasteiger partial charge in [-0.1, -0.05) is 0 Å². The van der Waals surface area contributed by atoms with Gasteiger partial charge in [-0.2, -0.15) is 5.10 Å². The van der Waals surface area contributed by atoms with Crippen LogP contribution < -0.4 is 5.32 Å². The highest BCUT2D eigenvalue weighted by Crippen LogP contribution is 2.17. The molecule has 146 valence electrons. The van der Waals surface area contributed by atoms with Gasteiger partial charge in [0.25, 0.3) is 6.47 Å². The fraction of sp³-hybridized carbons (Fsp3) is 0.500. The summed E-state index contributed by atoms with van der Waals surface area (Å²) in [5.41, 5.74) is 0.328. The van der Waals surface area contributed by atoms with Gasteiger partial charge in [-0.3, -0.25) is 9.59 Å². The lowest BCUT2D eigenvalue weighted by Gasteiger charge is -2.21. The van der Waals surface area contributed by atoms with E-state index in [1.807, 2.05) is 0 Å². The Morgan fingerprint density at radius 1 is 1.52 bits per heavy atom. The van der Waals surface area contributed by atoms with Crippen molar-refractivity contribution in [2.45, 2.75) is 32.7 Å². The van der Waals surface area contributed by atoms with E-state index in [0.717, 1.165) is 23.7 Å². The molecular formula is C16H21N5O5S. The molecule has 11 heteroatoms. The molecule has 2 N–H and O–H groups in total. The lowest BCUT2D eigenvalue weighted by molar-refractivity contribution is -0.126. The van der Waals surface area contributed by atoms with Crippen molar-refractivity contribution in [1.82, 2.24) is 25.1 Å². The van der Waals surface area contributed by atoms with Crippen molar-refractivity contribution in [3.05, 3.63) is 28.2 Å². The predicted octanol–water partition coefficient (Wildman–Crippen LogP) is 0.533. The zero-order valence-electron chi connectivity index (χ0n) is 14.8. The third-order valence-corrected chi connectivity index (χ3v) is 4.76. The second-order valence-corrected chi connectivity index (χ2v) is 6.53. The molecule has 1 atom stereocenters. The fourth-order valence-electron chi connectivity index (χ4n) is 2.61. The summed E-state index contributed by atoms with van der Waals surface area (Å²) >= 11 is 1.40. The average Bonchev–Trinajstić information content (AvgIpc) is 3.31. The summed E-state index contributed by atoms with van der Waals surface area (Å²) in [4.78, 5) is 40.6. The molecular weight excluding hydrogens is 374 g/mol. The van der Waals surface area contributed by atoms with E-state index >= 15 is 0 Å². The number of aromatic nitrogens is 4. The SMILES string of the molecule is CCOC(=O)c1csc(CCNC(=O)C2CCc3ncnn3C2)n1.O=CO. The van der Waals surface area contributed by atoms with Crippen LogP contribution in [0.1, 0.15) is 34.7 Å². The van der Waals surface area contributed by atoms with E-state index in [1.165, 1.54) is 17.7 Å². The average molecular weight is 395 g/mol. The van der Waals surface area contributed by atoms with Crippen molar-refractivity contribution >= 4 is 29.7 Å². The van der Waals surface area contributed by atoms with Crippen LogP contribution in [-0.2, 0) is 33.7 Å². The van der Waals surface area contributed by atoms with Gasteiger partial charge in [0, 0.05) is 24.8 Å². The van der Waals surface area contributed by atoms with Crippen molar-refractivity contribution in [3.8, 4) is 0 Å². The highest BCUT2D eigenvalue weighted by Gasteiger charge is 2.25. The summed E-state index contributed by atoms with van der Waals surface area (Å²) in [6, 6.07) is 0. The Hall–Kier alpha value is -2.82. The summed E-state index contributed by atoms with van der Waals surface area (Å²) in [5.74, 6) is 0.479. The Balaban J connectivity index is 0.000000817. The highest BCUT2D eigenvalue weighted by molar-refractivity contribution is 7.09. The number of carbonyl (C=O) groups is 3. The van der Waals surface area contributed by atoms with Gasteiger partial charge < -0.3 is 15.2 Å². The third kappa shape index (κ3) is 5.84. The normalized spacial score (nSPS) is 15.1. The molecule has 0 fully saturated rings. The number of hydrogen-bond acceptors (Lipinski definition) is 8. The van der Waals surface area contributed by atoms with Crippen LogP contribution in [0.3, 0.4) is 0 Å². The molecule has 3 heterocycles. The molecule has 1 aliphatic rings. The van der Waals surface area contributed by atoms with Crippen LogP contribution in [0.4, 0.5) is 0 Å². The van der Waals surface area contributed by atoms with Crippen LogP contribution >= 0.6 is 11.3 Å². The number of nitrogens with one attached hydrogen (secondary N) is 1. The molecule has 1 aliphatic heterocycles. The highest BCUT2D eigenvalue weighted by atomic mass is 32.1. The first kappa shape index (κ1) is 20.5. The second-order valence-electron chi connectivity index (χ2n) is 5.59. The summed E-state index contributed by atoms with van der Waals surface area (Å²) < 4.78 is 6.70. The molecule has 2 aromatic rings. The molecule has 1 unspecified atom stereocenters. The second kappa shape index (κ2) is 10.4. The summed E-state index contributed by atoms with van der Waals surface area (Å²) in [6.45, 7) is 2.91. The van der Waals surface area contributed by atoms with E-state index in [9.17, 15) is 9.59 Å². The first-order valence-electron chi connectivity index (χ1n) is 8.42. The van der Waals surface area contributed by atoms with Crippen molar-refractivity contribution in [1.29, 1.82) is 0 Å². The van der Waals surface area contributed by atoms with E-state index < -0.39 is 5.97 Å². The van der Waals surface area contributed by atoms with Gasteiger partial charge in [0.15, 0.2) is 5.69 Å². The van der Waals surface area contributed by atoms with Gasteiger partial charge in [-0.25, -0.2) is 19.4 Å². The number of thiazole rings is 1. The molecule has 0 bridgehead atoms. The zero-order chi connectivity index (χ0) is 19.6. The van der Waals surface area contributed by atoms with Crippen LogP contribution in [-0.4, -0.2) is 56.4 Å².